The molecular weight excluding hydrogens is 340 g/mol. The summed E-state index contributed by atoms with van der Waals surface area (Å²) in [7, 11) is -8.17. The molecule has 0 amide bonds. The predicted molar refractivity (Wildman–Crippen MR) is 77.5 cm³/mol. The molecule has 0 atom stereocenters. The minimum Gasteiger partial charge on any atom is -0.282 e. The molecule has 0 fully saturated rings. The number of hydrogen-bond donors (Lipinski definition) is 2. The van der Waals surface area contributed by atoms with Gasteiger partial charge in [0.15, 0.2) is 0 Å². The van der Waals surface area contributed by atoms with Crippen LogP contribution in [0.25, 0.3) is 0 Å². The summed E-state index contributed by atoms with van der Waals surface area (Å²) in [5, 5.41) is 0.0231. The summed E-state index contributed by atoms with van der Waals surface area (Å²) in [4.78, 5) is -0.336. The summed E-state index contributed by atoms with van der Waals surface area (Å²) in [5.41, 5.74) is 0. The van der Waals surface area contributed by atoms with Crippen molar-refractivity contribution in [3.8, 4) is 0 Å². The zero-order chi connectivity index (χ0) is 16.1. The first-order chi connectivity index (χ1) is 9.62. The van der Waals surface area contributed by atoms with Gasteiger partial charge in [0.2, 0.25) is 0 Å². The van der Waals surface area contributed by atoms with Crippen molar-refractivity contribution in [1.82, 2.24) is 0 Å². The van der Waals surface area contributed by atoms with Crippen LogP contribution in [-0.2, 0) is 20.2 Å². The van der Waals surface area contributed by atoms with E-state index in [0.29, 0.717) is 0 Å². The topological polar surface area (TPSA) is 109 Å². The molecule has 114 valence electrons. The van der Waals surface area contributed by atoms with E-state index >= 15 is 0 Å². The Bertz CT molecular complexity index is 801. The van der Waals surface area contributed by atoms with Crippen LogP contribution < -0.4 is 0 Å². The Morgan fingerprint density at radius 2 is 1.19 bits per heavy atom. The average Bonchev–Trinajstić information content (AvgIpc) is 2.39. The van der Waals surface area contributed by atoms with Gasteiger partial charge in [0.25, 0.3) is 20.2 Å². The van der Waals surface area contributed by atoms with E-state index < -0.39 is 20.2 Å². The lowest BCUT2D eigenvalue weighted by Gasteiger charge is -1.97. The van der Waals surface area contributed by atoms with E-state index in [2.05, 4.69) is 0 Å². The maximum atomic E-state index is 10.5. The largest absolute Gasteiger partial charge is 0.296 e. The maximum absolute atomic E-state index is 10.5. The minimum atomic E-state index is -4.17. The quantitative estimate of drug-likeness (QED) is 0.805. The molecule has 0 aliphatic carbocycles. The van der Waals surface area contributed by atoms with Crippen LogP contribution in [0.4, 0.5) is 0 Å². The SMILES string of the molecule is O=S(=O)(O)c1ccccc1.O=S(=O)(O)c1ccccc1Cl. The van der Waals surface area contributed by atoms with E-state index in [9.17, 15) is 16.8 Å². The molecule has 2 aromatic rings. The molecular formula is C12H11ClO6S2. The van der Waals surface area contributed by atoms with Crippen LogP contribution in [0.1, 0.15) is 0 Å². The summed E-state index contributed by atoms with van der Waals surface area (Å²) < 4.78 is 58.8. The average molecular weight is 351 g/mol. The normalized spacial score (nSPS) is 11.4. The highest BCUT2D eigenvalue weighted by Crippen LogP contribution is 2.19. The fourth-order valence-corrected chi connectivity index (χ4v) is 2.74. The van der Waals surface area contributed by atoms with E-state index in [1.54, 1.807) is 24.3 Å². The summed E-state index contributed by atoms with van der Waals surface area (Å²) >= 11 is 5.47. The molecule has 0 aromatic heterocycles. The first-order valence-electron chi connectivity index (χ1n) is 5.37. The lowest BCUT2D eigenvalue weighted by atomic mass is 10.4. The van der Waals surface area contributed by atoms with Crippen molar-refractivity contribution in [2.75, 3.05) is 0 Å². The Morgan fingerprint density at radius 3 is 1.52 bits per heavy atom. The zero-order valence-electron chi connectivity index (χ0n) is 10.4. The second kappa shape index (κ2) is 7.01. The Kier molecular flexibility index (Phi) is 5.87. The number of benzene rings is 2. The second-order valence-electron chi connectivity index (χ2n) is 3.69. The van der Waals surface area contributed by atoms with Crippen molar-refractivity contribution in [1.29, 1.82) is 0 Å². The number of rotatable bonds is 2. The summed E-state index contributed by atoms with van der Waals surface area (Å²) in [6, 6.07) is 13.1. The van der Waals surface area contributed by atoms with Crippen molar-refractivity contribution in [2.45, 2.75) is 9.79 Å². The Morgan fingerprint density at radius 1 is 0.714 bits per heavy atom. The van der Waals surface area contributed by atoms with Crippen LogP contribution in [0.5, 0.6) is 0 Å². The van der Waals surface area contributed by atoms with Gasteiger partial charge in [-0.2, -0.15) is 16.8 Å². The summed E-state index contributed by atoms with van der Waals surface area (Å²) in [6.07, 6.45) is 0. The lowest BCUT2D eigenvalue weighted by Crippen LogP contribution is -1.97. The molecule has 0 aliphatic heterocycles. The first-order valence-corrected chi connectivity index (χ1v) is 8.63. The van der Waals surface area contributed by atoms with Crippen molar-refractivity contribution in [3.63, 3.8) is 0 Å². The third-order valence-corrected chi connectivity index (χ3v) is 4.38. The molecule has 0 saturated carbocycles. The van der Waals surface area contributed by atoms with Gasteiger partial charge < -0.3 is 0 Å². The Labute approximate surface area is 127 Å². The third kappa shape index (κ3) is 5.82. The van der Waals surface area contributed by atoms with Gasteiger partial charge in [-0.15, -0.1) is 0 Å². The van der Waals surface area contributed by atoms with Gasteiger partial charge in [0.1, 0.15) is 4.90 Å². The predicted octanol–water partition coefficient (Wildman–Crippen LogP) is 2.52. The molecule has 2 N–H and O–H groups in total. The van der Waals surface area contributed by atoms with Gasteiger partial charge in [-0.25, -0.2) is 0 Å². The van der Waals surface area contributed by atoms with E-state index in [4.69, 9.17) is 20.7 Å². The molecule has 9 heteroatoms. The van der Waals surface area contributed by atoms with E-state index in [-0.39, 0.29) is 14.8 Å². The monoisotopic (exact) mass is 350 g/mol. The molecule has 2 aromatic carbocycles. The Hall–Kier alpha value is -1.45. The molecule has 0 bridgehead atoms. The van der Waals surface area contributed by atoms with Crippen molar-refractivity contribution in [3.05, 3.63) is 59.6 Å². The summed E-state index contributed by atoms with van der Waals surface area (Å²) in [6.45, 7) is 0. The highest BCUT2D eigenvalue weighted by Gasteiger charge is 2.12. The van der Waals surface area contributed by atoms with Crippen LogP contribution >= 0.6 is 11.6 Å². The Balaban J connectivity index is 0.000000211. The molecule has 0 heterocycles. The third-order valence-electron chi connectivity index (χ3n) is 2.16. The van der Waals surface area contributed by atoms with Crippen LogP contribution in [0.2, 0.25) is 5.02 Å². The molecule has 0 spiro atoms. The van der Waals surface area contributed by atoms with Crippen molar-refractivity contribution in [2.24, 2.45) is 0 Å². The van der Waals surface area contributed by atoms with Gasteiger partial charge in [-0.1, -0.05) is 41.9 Å². The smallest absolute Gasteiger partial charge is 0.282 e. The number of halogens is 1. The van der Waals surface area contributed by atoms with E-state index in [1.807, 2.05) is 0 Å². The second-order valence-corrected chi connectivity index (χ2v) is 6.91. The molecule has 0 aliphatic rings. The molecule has 2 rings (SSSR count). The molecule has 21 heavy (non-hydrogen) atoms. The van der Waals surface area contributed by atoms with Crippen molar-refractivity contribution >= 4 is 31.8 Å². The van der Waals surface area contributed by atoms with Gasteiger partial charge in [-0.05, 0) is 24.3 Å². The maximum Gasteiger partial charge on any atom is 0.296 e. The zero-order valence-corrected chi connectivity index (χ0v) is 12.8. The van der Waals surface area contributed by atoms with E-state index in [0.717, 1.165) is 0 Å². The highest BCUT2D eigenvalue weighted by atomic mass is 35.5. The molecule has 6 nitrogen and oxygen atoms in total. The highest BCUT2D eigenvalue weighted by molar-refractivity contribution is 7.86. The fraction of sp³-hybridized carbons (Fsp3) is 0. The van der Waals surface area contributed by atoms with Crippen LogP contribution in [0.3, 0.4) is 0 Å². The molecule has 0 unspecified atom stereocenters. The summed E-state index contributed by atoms with van der Waals surface area (Å²) in [5.74, 6) is 0. The van der Waals surface area contributed by atoms with Crippen LogP contribution in [-0.4, -0.2) is 25.9 Å². The standard InChI is InChI=1S/C6H5ClO3S.C6H6O3S/c7-5-3-1-2-4-6(5)11(8,9)10;7-10(8,9)6-4-2-1-3-5-6/h1-4H,(H,8,9,10);1-5H,(H,7,8,9). The number of hydrogen-bond acceptors (Lipinski definition) is 4. The van der Waals surface area contributed by atoms with Gasteiger partial charge >= 0.3 is 0 Å². The minimum absolute atomic E-state index is 0.0231. The molecule has 0 radical (unpaired) electrons. The van der Waals surface area contributed by atoms with Crippen molar-refractivity contribution < 1.29 is 25.9 Å². The van der Waals surface area contributed by atoms with Gasteiger partial charge in [0.05, 0.1) is 9.92 Å². The fourth-order valence-electron chi connectivity index (χ4n) is 1.25. The van der Waals surface area contributed by atoms with Gasteiger partial charge in [0, 0.05) is 0 Å². The van der Waals surface area contributed by atoms with Crippen LogP contribution in [0, 0.1) is 0 Å². The lowest BCUT2D eigenvalue weighted by molar-refractivity contribution is 0.481. The molecule has 0 saturated heterocycles. The first kappa shape index (κ1) is 17.6. The van der Waals surface area contributed by atoms with E-state index in [1.165, 1.54) is 30.3 Å². The van der Waals surface area contributed by atoms with Gasteiger partial charge in [-0.3, -0.25) is 9.11 Å². The van der Waals surface area contributed by atoms with Crippen LogP contribution in [0.15, 0.2) is 64.4 Å².